The second-order valence-electron chi connectivity index (χ2n) is 6.62. The topological polar surface area (TPSA) is 105 Å². The second kappa shape index (κ2) is 6.72. The summed E-state index contributed by atoms with van der Waals surface area (Å²) in [5, 5.41) is 14.9. The third-order valence-corrected chi connectivity index (χ3v) is 4.63. The van der Waals surface area contributed by atoms with Gasteiger partial charge in [0.15, 0.2) is 5.43 Å². The van der Waals surface area contributed by atoms with Gasteiger partial charge in [0.1, 0.15) is 11.4 Å². The molecule has 1 fully saturated rings. The molecule has 0 radical (unpaired) electrons. The number of benzene rings is 1. The molecule has 1 atom stereocenters. The molecular formula is C18H20N6O2. The first-order chi connectivity index (χ1) is 12.6. The molecule has 0 spiro atoms. The van der Waals surface area contributed by atoms with Gasteiger partial charge in [-0.3, -0.25) is 9.59 Å². The summed E-state index contributed by atoms with van der Waals surface area (Å²) >= 11 is 0. The van der Waals surface area contributed by atoms with Crippen molar-refractivity contribution in [2.24, 2.45) is 0 Å². The van der Waals surface area contributed by atoms with Crippen LogP contribution in [0.1, 0.15) is 34.2 Å². The molecule has 1 aliphatic rings. The number of hydrogen-bond donors (Lipinski definition) is 3. The minimum Gasteiger partial charge on any atom is -0.350 e. The van der Waals surface area contributed by atoms with Gasteiger partial charge in [-0.15, -0.1) is 5.10 Å². The summed E-state index contributed by atoms with van der Waals surface area (Å²) in [4.78, 5) is 27.7. The number of aromatic nitrogens is 4. The van der Waals surface area contributed by atoms with Crippen LogP contribution in [-0.2, 0) is 6.54 Å². The van der Waals surface area contributed by atoms with E-state index in [0.29, 0.717) is 22.6 Å². The normalized spacial score (nSPS) is 16.9. The quantitative estimate of drug-likeness (QED) is 0.647. The molecule has 2 aromatic heterocycles. The number of amides is 1. The third kappa shape index (κ3) is 3.23. The van der Waals surface area contributed by atoms with E-state index in [0.717, 1.165) is 25.1 Å². The zero-order chi connectivity index (χ0) is 18.1. The first kappa shape index (κ1) is 16.5. The summed E-state index contributed by atoms with van der Waals surface area (Å²) in [5.74, 6) is -0.346. The van der Waals surface area contributed by atoms with E-state index in [4.69, 9.17) is 0 Å². The van der Waals surface area contributed by atoms with E-state index in [1.807, 2.05) is 36.0 Å². The Bertz CT molecular complexity index is 1020. The van der Waals surface area contributed by atoms with E-state index < -0.39 is 0 Å². The zero-order valence-electron chi connectivity index (χ0n) is 14.5. The maximum atomic E-state index is 12.4. The Morgan fingerprint density at radius 1 is 1.38 bits per heavy atom. The van der Waals surface area contributed by atoms with Crippen molar-refractivity contribution < 1.29 is 4.79 Å². The van der Waals surface area contributed by atoms with Gasteiger partial charge in [-0.2, -0.15) is 0 Å². The predicted molar refractivity (Wildman–Crippen MR) is 97.0 cm³/mol. The Labute approximate surface area is 149 Å². The van der Waals surface area contributed by atoms with Crippen molar-refractivity contribution in [2.45, 2.75) is 25.9 Å². The number of pyridine rings is 1. The van der Waals surface area contributed by atoms with Gasteiger partial charge in [-0.1, -0.05) is 16.8 Å². The molecule has 3 N–H and O–H groups in total. The van der Waals surface area contributed by atoms with Crippen molar-refractivity contribution in [2.75, 3.05) is 13.1 Å². The first-order valence-corrected chi connectivity index (χ1v) is 8.63. The molecule has 4 rings (SSSR count). The zero-order valence-corrected chi connectivity index (χ0v) is 14.5. The third-order valence-electron chi connectivity index (χ3n) is 4.63. The van der Waals surface area contributed by atoms with E-state index >= 15 is 0 Å². The van der Waals surface area contributed by atoms with Crippen LogP contribution in [0.4, 0.5) is 0 Å². The van der Waals surface area contributed by atoms with Crippen LogP contribution < -0.4 is 16.1 Å². The molecule has 0 aliphatic carbocycles. The minimum atomic E-state index is -0.346. The fraction of sp³-hybridized carbons (Fsp3) is 0.333. The average Bonchev–Trinajstić information content (AvgIpc) is 3.31. The van der Waals surface area contributed by atoms with Gasteiger partial charge in [0.25, 0.3) is 5.91 Å². The highest BCUT2D eigenvalue weighted by molar-refractivity contribution is 5.94. The molecule has 0 saturated carbocycles. The predicted octanol–water partition coefficient (Wildman–Crippen LogP) is 0.892. The Balaban J connectivity index is 1.47. The Morgan fingerprint density at radius 2 is 2.27 bits per heavy atom. The number of hydrogen-bond acceptors (Lipinski definition) is 5. The lowest BCUT2D eigenvalue weighted by Gasteiger charge is -2.07. The van der Waals surface area contributed by atoms with Crippen LogP contribution in [0.25, 0.3) is 10.9 Å². The van der Waals surface area contributed by atoms with Crippen molar-refractivity contribution in [3.8, 4) is 0 Å². The number of nitrogens with zero attached hydrogens (tertiary/aromatic N) is 3. The highest BCUT2D eigenvalue weighted by atomic mass is 16.2. The van der Waals surface area contributed by atoms with Gasteiger partial charge in [-0.25, -0.2) is 4.68 Å². The van der Waals surface area contributed by atoms with E-state index in [2.05, 4.69) is 25.9 Å². The molecule has 1 aliphatic heterocycles. The highest BCUT2D eigenvalue weighted by Gasteiger charge is 2.18. The van der Waals surface area contributed by atoms with Gasteiger partial charge in [0, 0.05) is 23.5 Å². The number of nitrogens with one attached hydrogen (secondary N) is 3. The van der Waals surface area contributed by atoms with Crippen LogP contribution >= 0.6 is 0 Å². The number of carbonyl (C=O) groups is 1. The number of carbonyl (C=O) groups excluding carboxylic acids is 1. The van der Waals surface area contributed by atoms with Crippen LogP contribution in [0.3, 0.4) is 0 Å². The largest absolute Gasteiger partial charge is 0.350 e. The van der Waals surface area contributed by atoms with Crippen molar-refractivity contribution in [3.63, 3.8) is 0 Å². The van der Waals surface area contributed by atoms with E-state index in [9.17, 15) is 9.59 Å². The lowest BCUT2D eigenvalue weighted by atomic mass is 10.1. The van der Waals surface area contributed by atoms with Gasteiger partial charge < -0.3 is 15.6 Å². The molecule has 1 saturated heterocycles. The smallest absolute Gasteiger partial charge is 0.268 e. The molecule has 3 aromatic rings. The standard InChI is InChI=1S/C18H20N6O2/c1-11-2-3-15-14(6-11)17(25)7-16(21-15)18(26)20-8-12-10-24(23-22-12)13-4-5-19-9-13/h2-3,6-7,10,13,19H,4-5,8-9H2,1H3,(H,20,26)(H,21,25). The van der Waals surface area contributed by atoms with Crippen molar-refractivity contribution in [3.05, 3.63) is 57.6 Å². The summed E-state index contributed by atoms with van der Waals surface area (Å²) in [6.07, 6.45) is 2.87. The monoisotopic (exact) mass is 352 g/mol. The summed E-state index contributed by atoms with van der Waals surface area (Å²) in [5.41, 5.74) is 2.39. The van der Waals surface area contributed by atoms with Crippen molar-refractivity contribution in [1.82, 2.24) is 30.6 Å². The summed E-state index contributed by atoms with van der Waals surface area (Å²) in [6, 6.07) is 7.16. The highest BCUT2D eigenvalue weighted by Crippen LogP contribution is 2.13. The van der Waals surface area contributed by atoms with Crippen LogP contribution in [-0.4, -0.2) is 39.0 Å². The summed E-state index contributed by atoms with van der Waals surface area (Å²) in [7, 11) is 0. The maximum absolute atomic E-state index is 12.4. The van der Waals surface area contributed by atoms with Crippen molar-refractivity contribution in [1.29, 1.82) is 0 Å². The Kier molecular flexibility index (Phi) is 4.26. The van der Waals surface area contributed by atoms with Crippen LogP contribution in [0, 0.1) is 6.92 Å². The molecular weight excluding hydrogens is 332 g/mol. The Hall–Kier alpha value is -3.00. The van der Waals surface area contributed by atoms with Crippen LogP contribution in [0.15, 0.2) is 35.3 Å². The number of aromatic amines is 1. The van der Waals surface area contributed by atoms with Crippen LogP contribution in [0.2, 0.25) is 0 Å². The van der Waals surface area contributed by atoms with Gasteiger partial charge in [-0.05, 0) is 32.0 Å². The van der Waals surface area contributed by atoms with Gasteiger partial charge >= 0.3 is 0 Å². The number of fused-ring (bicyclic) bond motifs is 1. The molecule has 134 valence electrons. The van der Waals surface area contributed by atoms with E-state index in [1.165, 1.54) is 6.07 Å². The number of aryl methyl sites for hydroxylation is 1. The minimum absolute atomic E-state index is 0.174. The van der Waals surface area contributed by atoms with E-state index in [1.54, 1.807) is 0 Å². The van der Waals surface area contributed by atoms with Gasteiger partial charge in [0.2, 0.25) is 0 Å². The molecule has 26 heavy (non-hydrogen) atoms. The molecule has 1 aromatic carbocycles. The maximum Gasteiger partial charge on any atom is 0.268 e. The average molecular weight is 352 g/mol. The number of rotatable bonds is 4. The fourth-order valence-corrected chi connectivity index (χ4v) is 3.19. The van der Waals surface area contributed by atoms with Crippen molar-refractivity contribution >= 4 is 16.8 Å². The second-order valence-corrected chi connectivity index (χ2v) is 6.62. The fourth-order valence-electron chi connectivity index (χ4n) is 3.19. The summed E-state index contributed by atoms with van der Waals surface area (Å²) in [6.45, 7) is 4.04. The van der Waals surface area contributed by atoms with Gasteiger partial charge in [0.05, 0.1) is 18.8 Å². The van der Waals surface area contributed by atoms with E-state index in [-0.39, 0.29) is 23.6 Å². The lowest BCUT2D eigenvalue weighted by molar-refractivity contribution is 0.0945. The first-order valence-electron chi connectivity index (χ1n) is 8.63. The molecule has 3 heterocycles. The Morgan fingerprint density at radius 3 is 3.08 bits per heavy atom. The molecule has 8 heteroatoms. The molecule has 1 unspecified atom stereocenters. The molecule has 0 bridgehead atoms. The molecule has 8 nitrogen and oxygen atoms in total. The number of H-pyrrole nitrogens is 1. The van der Waals surface area contributed by atoms with Crippen LogP contribution in [0.5, 0.6) is 0 Å². The molecule has 1 amide bonds. The summed E-state index contributed by atoms with van der Waals surface area (Å²) < 4.78 is 1.84. The SMILES string of the molecule is Cc1ccc2[nH]c(C(=O)NCc3cn(C4CCNC4)nn3)cc(=O)c2c1. The lowest BCUT2D eigenvalue weighted by Crippen LogP contribution is -2.25.